The number of aromatic nitrogens is 4. The molecule has 0 radical (unpaired) electrons. The van der Waals surface area contributed by atoms with Crippen LogP contribution >= 0.6 is 11.8 Å². The zero-order valence-electron chi connectivity index (χ0n) is 19.3. The lowest BCUT2D eigenvalue weighted by Crippen LogP contribution is -2.36. The third-order valence-corrected chi connectivity index (χ3v) is 7.16. The van der Waals surface area contributed by atoms with Gasteiger partial charge < -0.3 is 19.5 Å². The molecule has 2 aromatic heterocycles. The molecule has 182 valence electrons. The van der Waals surface area contributed by atoms with E-state index in [0.29, 0.717) is 22.9 Å². The first-order valence-corrected chi connectivity index (χ1v) is 12.7. The summed E-state index contributed by atoms with van der Waals surface area (Å²) in [5.74, 6) is 1.40. The van der Waals surface area contributed by atoms with E-state index >= 15 is 0 Å². The second kappa shape index (κ2) is 9.59. The summed E-state index contributed by atoms with van der Waals surface area (Å²) in [4.78, 5) is 27.3. The normalized spacial score (nSPS) is 15.1. The first kappa shape index (κ1) is 22.5. The second-order valence-corrected chi connectivity index (χ2v) is 9.50. The van der Waals surface area contributed by atoms with Crippen LogP contribution in [0.4, 0.5) is 23.0 Å². The number of nitro benzene ring substituents is 1. The topological polar surface area (TPSA) is 111 Å². The van der Waals surface area contributed by atoms with Crippen molar-refractivity contribution in [2.45, 2.75) is 11.7 Å². The lowest BCUT2D eigenvalue weighted by molar-refractivity contribution is -0.384. The molecule has 2 aromatic carbocycles. The molecule has 2 aliphatic rings. The maximum atomic E-state index is 11.3. The molecule has 0 atom stereocenters. The van der Waals surface area contributed by atoms with E-state index in [-0.39, 0.29) is 5.69 Å². The number of nitro groups is 1. The SMILES string of the molecule is O=[N+]([O-])c1cccc(-c2nc3n(c2-c2ccnc(Nc4ccc(N5CCOCC5)cc4)n2)CCS3)c1. The Labute approximate surface area is 211 Å². The predicted octanol–water partition coefficient (Wildman–Crippen LogP) is 4.60. The van der Waals surface area contributed by atoms with E-state index < -0.39 is 4.92 Å². The van der Waals surface area contributed by atoms with E-state index in [1.165, 1.54) is 6.07 Å². The van der Waals surface area contributed by atoms with Crippen molar-refractivity contribution < 1.29 is 9.66 Å². The molecule has 11 heteroatoms. The van der Waals surface area contributed by atoms with Crippen LogP contribution in [0.1, 0.15) is 0 Å². The van der Waals surface area contributed by atoms with E-state index in [2.05, 4.69) is 31.9 Å². The summed E-state index contributed by atoms with van der Waals surface area (Å²) >= 11 is 1.67. The van der Waals surface area contributed by atoms with Gasteiger partial charge in [-0.1, -0.05) is 23.9 Å². The van der Waals surface area contributed by atoms with Gasteiger partial charge in [-0.3, -0.25) is 10.1 Å². The van der Waals surface area contributed by atoms with Gasteiger partial charge >= 0.3 is 0 Å². The van der Waals surface area contributed by atoms with E-state index in [1.807, 2.05) is 24.3 Å². The summed E-state index contributed by atoms with van der Waals surface area (Å²) in [6, 6.07) is 16.6. The minimum atomic E-state index is -0.390. The largest absolute Gasteiger partial charge is 0.378 e. The number of ether oxygens (including phenoxy) is 1. The number of nitrogens with one attached hydrogen (secondary N) is 1. The Hall–Kier alpha value is -3.96. The minimum Gasteiger partial charge on any atom is -0.378 e. The maximum Gasteiger partial charge on any atom is 0.270 e. The van der Waals surface area contributed by atoms with Crippen LogP contribution in [0.15, 0.2) is 66.0 Å². The fourth-order valence-electron chi connectivity index (χ4n) is 4.46. The molecule has 6 rings (SSSR count). The van der Waals surface area contributed by atoms with Gasteiger partial charge in [0.05, 0.1) is 35.2 Å². The Balaban J connectivity index is 1.31. The summed E-state index contributed by atoms with van der Waals surface area (Å²) in [5, 5.41) is 15.5. The molecule has 0 unspecified atom stereocenters. The van der Waals surface area contributed by atoms with E-state index in [1.54, 1.807) is 30.1 Å². The number of fused-ring (bicyclic) bond motifs is 1. The second-order valence-electron chi connectivity index (χ2n) is 8.44. The molecule has 4 heterocycles. The van der Waals surface area contributed by atoms with Crippen LogP contribution < -0.4 is 10.2 Å². The number of non-ortho nitro benzene ring substituents is 1. The highest BCUT2D eigenvalue weighted by molar-refractivity contribution is 7.99. The molecule has 1 saturated heterocycles. The van der Waals surface area contributed by atoms with E-state index in [9.17, 15) is 10.1 Å². The van der Waals surface area contributed by atoms with Crippen molar-refractivity contribution in [2.24, 2.45) is 0 Å². The fourth-order valence-corrected chi connectivity index (χ4v) is 5.41. The molecule has 2 aliphatic heterocycles. The molecule has 1 fully saturated rings. The van der Waals surface area contributed by atoms with E-state index in [4.69, 9.17) is 14.7 Å². The van der Waals surface area contributed by atoms with Crippen LogP contribution in [0.25, 0.3) is 22.6 Å². The summed E-state index contributed by atoms with van der Waals surface area (Å²) in [6.45, 7) is 4.07. The van der Waals surface area contributed by atoms with Crippen LogP contribution in [-0.2, 0) is 11.3 Å². The first-order valence-electron chi connectivity index (χ1n) is 11.7. The Morgan fingerprint density at radius 3 is 2.67 bits per heavy atom. The van der Waals surface area contributed by atoms with Gasteiger partial charge in [-0.25, -0.2) is 15.0 Å². The third kappa shape index (κ3) is 4.38. The number of rotatable bonds is 6. The number of thioether (sulfide) groups is 1. The Bertz CT molecular complexity index is 1420. The van der Waals surface area contributed by atoms with Crippen LogP contribution in [0.5, 0.6) is 0 Å². The summed E-state index contributed by atoms with van der Waals surface area (Å²) in [7, 11) is 0. The molecule has 0 amide bonds. The summed E-state index contributed by atoms with van der Waals surface area (Å²) in [5.41, 5.74) is 4.99. The van der Waals surface area contributed by atoms with Crippen molar-refractivity contribution in [1.29, 1.82) is 0 Å². The van der Waals surface area contributed by atoms with Gasteiger partial charge in [0, 0.05) is 60.7 Å². The number of nitrogens with zero attached hydrogens (tertiary/aromatic N) is 6. The quantitative estimate of drug-likeness (QED) is 0.299. The van der Waals surface area contributed by atoms with Crippen LogP contribution in [0, 0.1) is 10.1 Å². The maximum absolute atomic E-state index is 11.3. The van der Waals surface area contributed by atoms with Crippen molar-refractivity contribution in [3.63, 3.8) is 0 Å². The standard InChI is InChI=1S/C25H23N7O3S/c33-32(34)20-3-1-2-17(16-20)22-23(31-12-15-36-25(31)29-22)21-8-9-26-24(28-21)27-18-4-6-19(7-5-18)30-10-13-35-14-11-30/h1-9,16H,10-15H2,(H,26,27,28). The lowest BCUT2D eigenvalue weighted by atomic mass is 10.1. The highest BCUT2D eigenvalue weighted by atomic mass is 32.2. The van der Waals surface area contributed by atoms with Gasteiger partial charge in [0.1, 0.15) is 0 Å². The van der Waals surface area contributed by atoms with Gasteiger partial charge in [0.2, 0.25) is 5.95 Å². The van der Waals surface area contributed by atoms with Crippen LogP contribution in [0.3, 0.4) is 0 Å². The first-order chi connectivity index (χ1) is 17.7. The molecule has 0 spiro atoms. The van der Waals surface area contributed by atoms with Crippen molar-refractivity contribution in [3.05, 3.63) is 70.9 Å². The third-order valence-electron chi connectivity index (χ3n) is 6.21. The van der Waals surface area contributed by atoms with Gasteiger partial charge in [0.15, 0.2) is 5.16 Å². The van der Waals surface area contributed by atoms with Gasteiger partial charge in [-0.15, -0.1) is 0 Å². The number of morpholine rings is 1. The number of hydrogen-bond acceptors (Lipinski definition) is 9. The molecular formula is C25H23N7O3S. The molecule has 36 heavy (non-hydrogen) atoms. The minimum absolute atomic E-state index is 0.0323. The zero-order chi connectivity index (χ0) is 24.5. The van der Waals surface area contributed by atoms with Gasteiger partial charge in [-0.2, -0.15) is 0 Å². The van der Waals surface area contributed by atoms with E-state index in [0.717, 1.165) is 60.8 Å². The summed E-state index contributed by atoms with van der Waals surface area (Å²) < 4.78 is 7.57. The Kier molecular flexibility index (Phi) is 5.99. The molecule has 0 saturated carbocycles. The van der Waals surface area contributed by atoms with Crippen molar-refractivity contribution in [3.8, 4) is 22.6 Å². The average molecular weight is 502 g/mol. The summed E-state index contributed by atoms with van der Waals surface area (Å²) in [6.07, 6.45) is 1.71. The van der Waals surface area contributed by atoms with Crippen LogP contribution in [0.2, 0.25) is 0 Å². The van der Waals surface area contributed by atoms with Crippen LogP contribution in [-0.4, -0.2) is 56.5 Å². The number of anilines is 3. The monoisotopic (exact) mass is 501 g/mol. The van der Waals surface area contributed by atoms with Crippen molar-refractivity contribution >= 4 is 34.8 Å². The molecule has 10 nitrogen and oxygen atoms in total. The highest BCUT2D eigenvalue weighted by Gasteiger charge is 2.25. The predicted molar refractivity (Wildman–Crippen MR) is 139 cm³/mol. The average Bonchev–Trinajstić information content (AvgIpc) is 3.52. The number of hydrogen-bond donors (Lipinski definition) is 1. The van der Waals surface area contributed by atoms with Crippen molar-refractivity contribution in [1.82, 2.24) is 19.5 Å². The Morgan fingerprint density at radius 2 is 1.86 bits per heavy atom. The molecule has 1 N–H and O–H groups in total. The van der Waals surface area contributed by atoms with Crippen molar-refractivity contribution in [2.75, 3.05) is 42.3 Å². The molecule has 0 aliphatic carbocycles. The number of benzene rings is 2. The molecule has 0 bridgehead atoms. The Morgan fingerprint density at radius 1 is 1.03 bits per heavy atom. The zero-order valence-corrected chi connectivity index (χ0v) is 20.1. The molecular weight excluding hydrogens is 478 g/mol. The molecule has 4 aromatic rings. The fraction of sp³-hybridized carbons (Fsp3) is 0.240. The lowest BCUT2D eigenvalue weighted by Gasteiger charge is -2.28. The van der Waals surface area contributed by atoms with Gasteiger partial charge in [-0.05, 0) is 30.3 Å². The highest BCUT2D eigenvalue weighted by Crippen LogP contribution is 2.39. The smallest absolute Gasteiger partial charge is 0.270 e. The van der Waals surface area contributed by atoms with Gasteiger partial charge in [0.25, 0.3) is 5.69 Å². The number of imidazole rings is 1.